The van der Waals surface area contributed by atoms with Gasteiger partial charge in [-0.1, -0.05) is 60.7 Å². The Morgan fingerprint density at radius 3 is 2.50 bits per heavy atom. The zero-order chi connectivity index (χ0) is 21.9. The summed E-state index contributed by atoms with van der Waals surface area (Å²) < 4.78 is 17.4. The van der Waals surface area contributed by atoms with Gasteiger partial charge in [-0.15, -0.1) is 0 Å². The van der Waals surface area contributed by atoms with Gasteiger partial charge in [-0.25, -0.2) is 0 Å². The number of hydrogen-bond donors (Lipinski definition) is 0. The molecule has 32 heavy (non-hydrogen) atoms. The molecule has 0 radical (unpaired) electrons. The van der Waals surface area contributed by atoms with Gasteiger partial charge in [0.2, 0.25) is 0 Å². The Morgan fingerprint density at radius 1 is 0.938 bits per heavy atom. The fraction of sp³-hybridized carbons (Fsp3) is 0.148. The number of carbonyl (C=O) groups is 1. The molecule has 0 N–H and O–H groups in total. The van der Waals surface area contributed by atoms with E-state index >= 15 is 0 Å². The molecule has 3 aromatic carbocycles. The molecule has 0 bridgehead atoms. The van der Waals surface area contributed by atoms with E-state index in [1.807, 2.05) is 91.9 Å². The molecule has 0 spiro atoms. The van der Waals surface area contributed by atoms with Crippen molar-refractivity contribution < 1.29 is 18.7 Å². The van der Waals surface area contributed by atoms with E-state index in [2.05, 4.69) is 0 Å². The topological polar surface area (TPSA) is 51.9 Å². The monoisotopic (exact) mass is 425 g/mol. The first-order valence-corrected chi connectivity index (χ1v) is 10.6. The summed E-state index contributed by atoms with van der Waals surface area (Å²) in [6.07, 6.45) is 3.98. The average Bonchev–Trinajstić information content (AvgIpc) is 3.18. The van der Waals surface area contributed by atoms with Gasteiger partial charge in [0.05, 0.1) is 0 Å². The third-order valence-corrected chi connectivity index (χ3v) is 5.52. The third-order valence-electron chi connectivity index (χ3n) is 5.52. The van der Waals surface area contributed by atoms with Crippen molar-refractivity contribution in [2.45, 2.75) is 6.92 Å². The van der Waals surface area contributed by atoms with Gasteiger partial charge in [-0.05, 0) is 30.7 Å². The molecule has 1 aromatic heterocycles. The molecular formula is C27H23NO4. The Balaban J connectivity index is 1.51. The summed E-state index contributed by atoms with van der Waals surface area (Å²) >= 11 is 0. The van der Waals surface area contributed by atoms with Crippen molar-refractivity contribution in [2.24, 2.45) is 0 Å². The third kappa shape index (κ3) is 3.85. The van der Waals surface area contributed by atoms with Crippen molar-refractivity contribution in [3.8, 4) is 11.5 Å². The van der Waals surface area contributed by atoms with Crippen LogP contribution in [-0.2, 0) is 0 Å². The van der Waals surface area contributed by atoms with E-state index in [9.17, 15) is 4.79 Å². The van der Waals surface area contributed by atoms with E-state index in [4.69, 9.17) is 13.9 Å². The standard InChI is InChI=1S/C27H23NO4/c1-19-22-11-5-6-12-23(22)32-26(19)27(29)28(15-7-10-20-8-3-2-4-9-20)21-13-14-24-25(18-21)31-17-16-30-24/h2-14,18H,15-17H2,1H3/b10-7+. The fourth-order valence-electron chi connectivity index (χ4n) is 3.86. The molecule has 5 heteroatoms. The molecule has 0 saturated heterocycles. The number of rotatable bonds is 5. The molecule has 1 aliphatic rings. The number of para-hydroxylation sites is 1. The Labute approximate surface area is 186 Å². The minimum absolute atomic E-state index is 0.201. The molecule has 1 aliphatic heterocycles. The van der Waals surface area contributed by atoms with Crippen LogP contribution in [0.1, 0.15) is 21.7 Å². The summed E-state index contributed by atoms with van der Waals surface area (Å²) in [6.45, 7) is 3.30. The van der Waals surface area contributed by atoms with Crippen molar-refractivity contribution in [3.63, 3.8) is 0 Å². The molecule has 160 valence electrons. The summed E-state index contributed by atoms with van der Waals surface area (Å²) in [7, 11) is 0. The quantitative estimate of drug-likeness (QED) is 0.401. The molecule has 2 heterocycles. The molecule has 0 saturated carbocycles. The van der Waals surface area contributed by atoms with Crippen molar-refractivity contribution in [2.75, 3.05) is 24.7 Å². The van der Waals surface area contributed by atoms with Gasteiger partial charge in [0.1, 0.15) is 18.8 Å². The Morgan fingerprint density at radius 2 is 1.69 bits per heavy atom. The number of ether oxygens (including phenoxy) is 2. The number of hydrogen-bond acceptors (Lipinski definition) is 4. The van der Waals surface area contributed by atoms with Gasteiger partial charge in [0.15, 0.2) is 17.3 Å². The van der Waals surface area contributed by atoms with Crippen LogP contribution in [0.4, 0.5) is 5.69 Å². The first-order chi connectivity index (χ1) is 15.7. The fourth-order valence-corrected chi connectivity index (χ4v) is 3.86. The van der Waals surface area contributed by atoms with E-state index in [0.29, 0.717) is 42.6 Å². The number of furan rings is 1. The van der Waals surface area contributed by atoms with Gasteiger partial charge in [0, 0.05) is 29.2 Å². The second-order valence-corrected chi connectivity index (χ2v) is 7.61. The number of aryl methyl sites for hydroxylation is 1. The average molecular weight is 425 g/mol. The van der Waals surface area contributed by atoms with Crippen LogP contribution in [0.2, 0.25) is 0 Å². The number of carbonyl (C=O) groups excluding carboxylic acids is 1. The summed E-state index contributed by atoms with van der Waals surface area (Å²) in [5.74, 6) is 1.47. The van der Waals surface area contributed by atoms with Crippen LogP contribution in [0.15, 0.2) is 83.3 Å². The minimum atomic E-state index is -0.201. The largest absolute Gasteiger partial charge is 0.486 e. The molecule has 0 aliphatic carbocycles. The van der Waals surface area contributed by atoms with Gasteiger partial charge >= 0.3 is 0 Å². The Hall–Kier alpha value is -3.99. The maximum Gasteiger partial charge on any atom is 0.294 e. The number of anilines is 1. The highest BCUT2D eigenvalue weighted by atomic mass is 16.6. The SMILES string of the molecule is Cc1c(C(=O)N(C/C=C/c2ccccc2)c2ccc3c(c2)OCCO3)oc2ccccc12. The predicted molar refractivity (Wildman–Crippen MR) is 126 cm³/mol. The van der Waals surface area contributed by atoms with E-state index in [1.165, 1.54) is 0 Å². The molecular weight excluding hydrogens is 402 g/mol. The van der Waals surface area contributed by atoms with Crippen molar-refractivity contribution >= 4 is 28.6 Å². The summed E-state index contributed by atoms with van der Waals surface area (Å²) in [4.78, 5) is 15.4. The van der Waals surface area contributed by atoms with Crippen LogP contribution < -0.4 is 14.4 Å². The molecule has 5 nitrogen and oxygen atoms in total. The van der Waals surface area contributed by atoms with Crippen LogP contribution in [-0.4, -0.2) is 25.7 Å². The molecule has 1 amide bonds. The molecule has 0 fully saturated rings. The van der Waals surface area contributed by atoms with Crippen molar-refractivity contribution in [1.82, 2.24) is 0 Å². The highest BCUT2D eigenvalue weighted by Crippen LogP contribution is 2.35. The molecule has 4 aromatic rings. The Kier molecular flexibility index (Phi) is 5.38. The number of amides is 1. The number of nitrogens with zero attached hydrogens (tertiary/aromatic N) is 1. The van der Waals surface area contributed by atoms with Crippen molar-refractivity contribution in [1.29, 1.82) is 0 Å². The van der Waals surface area contributed by atoms with Crippen molar-refractivity contribution in [3.05, 3.63) is 95.8 Å². The second kappa shape index (κ2) is 8.63. The smallest absolute Gasteiger partial charge is 0.294 e. The van der Waals surface area contributed by atoms with E-state index in [0.717, 1.165) is 22.2 Å². The number of benzene rings is 3. The van der Waals surface area contributed by atoms with Gasteiger partial charge < -0.3 is 18.8 Å². The molecule has 0 unspecified atom stereocenters. The normalized spacial score (nSPS) is 12.9. The molecule has 5 rings (SSSR count). The van der Waals surface area contributed by atoms with Crippen LogP contribution in [0.5, 0.6) is 11.5 Å². The first kappa shape index (κ1) is 19.9. The second-order valence-electron chi connectivity index (χ2n) is 7.61. The van der Waals surface area contributed by atoms with Gasteiger partial charge in [-0.3, -0.25) is 4.79 Å². The summed E-state index contributed by atoms with van der Waals surface area (Å²) in [5.41, 5.74) is 3.33. The highest BCUT2D eigenvalue weighted by Gasteiger charge is 2.25. The zero-order valence-corrected chi connectivity index (χ0v) is 17.8. The van der Waals surface area contributed by atoms with Gasteiger partial charge in [-0.2, -0.15) is 0 Å². The van der Waals surface area contributed by atoms with Crippen LogP contribution in [0.25, 0.3) is 17.0 Å². The lowest BCUT2D eigenvalue weighted by molar-refractivity contribution is 0.0964. The van der Waals surface area contributed by atoms with E-state index < -0.39 is 0 Å². The minimum Gasteiger partial charge on any atom is -0.486 e. The van der Waals surface area contributed by atoms with E-state index in [1.54, 1.807) is 4.90 Å². The zero-order valence-electron chi connectivity index (χ0n) is 17.8. The molecule has 0 atom stereocenters. The lowest BCUT2D eigenvalue weighted by Crippen LogP contribution is -2.31. The maximum absolute atomic E-state index is 13.7. The number of fused-ring (bicyclic) bond motifs is 2. The van der Waals surface area contributed by atoms with Crippen LogP contribution >= 0.6 is 0 Å². The lowest BCUT2D eigenvalue weighted by atomic mass is 10.1. The predicted octanol–water partition coefficient (Wildman–Crippen LogP) is 5.87. The van der Waals surface area contributed by atoms with E-state index in [-0.39, 0.29) is 5.91 Å². The van der Waals surface area contributed by atoms with Crippen LogP contribution in [0.3, 0.4) is 0 Å². The maximum atomic E-state index is 13.7. The first-order valence-electron chi connectivity index (χ1n) is 10.6. The Bertz CT molecular complexity index is 1290. The van der Waals surface area contributed by atoms with Gasteiger partial charge in [0.25, 0.3) is 5.91 Å². The summed E-state index contributed by atoms with van der Waals surface area (Å²) in [5, 5.41) is 0.942. The lowest BCUT2D eigenvalue weighted by Gasteiger charge is -2.24. The highest BCUT2D eigenvalue weighted by molar-refractivity contribution is 6.08. The summed E-state index contributed by atoms with van der Waals surface area (Å²) in [6, 6.07) is 23.3. The van der Waals surface area contributed by atoms with Crippen LogP contribution in [0, 0.1) is 6.92 Å².